The van der Waals surface area contributed by atoms with E-state index in [0.717, 1.165) is 11.3 Å². The second-order valence-electron chi connectivity index (χ2n) is 4.22. The first-order chi connectivity index (χ1) is 8.04. The minimum absolute atomic E-state index is 0.161. The van der Waals surface area contributed by atoms with Crippen LogP contribution in [-0.4, -0.2) is 12.5 Å². The van der Waals surface area contributed by atoms with E-state index in [2.05, 4.69) is 18.4 Å². The smallest absolute Gasteiger partial charge is 0.234 e. The highest BCUT2D eigenvalue weighted by Gasteiger charge is 2.04. The molecule has 0 atom stereocenters. The van der Waals surface area contributed by atoms with E-state index >= 15 is 0 Å². The molecule has 4 nitrogen and oxygen atoms in total. The zero-order chi connectivity index (χ0) is 12.8. The molecule has 0 fully saturated rings. The lowest BCUT2D eigenvalue weighted by Crippen LogP contribution is -2.29. The number of carbonyl (C=O) groups is 1. The molecule has 0 saturated heterocycles. The number of nitrogens with two attached hydrogens (primary N) is 1. The van der Waals surface area contributed by atoms with Crippen LogP contribution in [0.15, 0.2) is 12.1 Å². The fraction of sp³-hybridized carbons (Fsp3) is 0.462. The normalized spacial score (nSPS) is 10.1. The maximum absolute atomic E-state index is 10.9. The van der Waals surface area contributed by atoms with E-state index in [4.69, 9.17) is 10.6 Å². The Labute approximate surface area is 102 Å². The summed E-state index contributed by atoms with van der Waals surface area (Å²) in [6.07, 6.45) is 1.05. The molecule has 0 spiro atoms. The Balaban J connectivity index is 2.49. The molecule has 0 aliphatic rings. The molecule has 1 amide bonds. The van der Waals surface area contributed by atoms with Crippen molar-refractivity contribution in [2.75, 3.05) is 6.61 Å². The molecule has 0 unspecified atom stereocenters. The van der Waals surface area contributed by atoms with Crippen molar-refractivity contribution < 1.29 is 9.53 Å². The van der Waals surface area contributed by atoms with Crippen molar-refractivity contribution in [3.8, 4) is 5.75 Å². The van der Waals surface area contributed by atoms with Gasteiger partial charge in [-0.2, -0.15) is 0 Å². The number of amides is 1. The summed E-state index contributed by atoms with van der Waals surface area (Å²) >= 11 is 0. The van der Waals surface area contributed by atoms with E-state index in [1.807, 2.05) is 19.9 Å². The van der Waals surface area contributed by atoms with Crippen molar-refractivity contribution in [2.45, 2.75) is 33.6 Å². The molecule has 3 N–H and O–H groups in total. The van der Waals surface area contributed by atoms with Crippen LogP contribution in [0.5, 0.6) is 5.75 Å². The van der Waals surface area contributed by atoms with Crippen LogP contribution in [0, 0.1) is 20.8 Å². The van der Waals surface area contributed by atoms with Gasteiger partial charge in [0.15, 0.2) is 0 Å². The predicted octanol–water partition coefficient (Wildman–Crippen LogP) is 1.76. The Bertz CT molecular complexity index is 403. The molecule has 0 saturated carbocycles. The Hall–Kier alpha value is -1.55. The van der Waals surface area contributed by atoms with Crippen LogP contribution in [0.25, 0.3) is 0 Å². The van der Waals surface area contributed by atoms with Gasteiger partial charge in [-0.25, -0.2) is 5.84 Å². The summed E-state index contributed by atoms with van der Waals surface area (Å²) in [4.78, 5) is 10.9. The molecule has 17 heavy (non-hydrogen) atoms. The zero-order valence-corrected chi connectivity index (χ0v) is 10.7. The summed E-state index contributed by atoms with van der Waals surface area (Å²) in [5, 5.41) is 0. The molecule has 1 rings (SSSR count). The quantitative estimate of drug-likeness (QED) is 0.354. The number of hydrogen-bond acceptors (Lipinski definition) is 3. The predicted molar refractivity (Wildman–Crippen MR) is 67.7 cm³/mol. The zero-order valence-electron chi connectivity index (χ0n) is 10.7. The van der Waals surface area contributed by atoms with Gasteiger partial charge in [0.05, 0.1) is 6.61 Å². The van der Waals surface area contributed by atoms with Gasteiger partial charge < -0.3 is 4.74 Å². The van der Waals surface area contributed by atoms with Crippen molar-refractivity contribution in [2.24, 2.45) is 5.84 Å². The highest BCUT2D eigenvalue weighted by atomic mass is 16.5. The Kier molecular flexibility index (Phi) is 4.97. The topological polar surface area (TPSA) is 64.3 Å². The Morgan fingerprint density at radius 3 is 2.71 bits per heavy atom. The molecular weight excluding hydrogens is 216 g/mol. The third kappa shape index (κ3) is 4.07. The minimum Gasteiger partial charge on any atom is -0.493 e. The number of rotatable bonds is 5. The van der Waals surface area contributed by atoms with Gasteiger partial charge in [-0.3, -0.25) is 10.2 Å². The number of carbonyl (C=O) groups excluding carboxylic acids is 1. The SMILES string of the molecule is Cc1cc(C)c(C)c(OCCCC(=O)NN)c1. The second-order valence-corrected chi connectivity index (χ2v) is 4.22. The molecule has 1 aromatic carbocycles. The van der Waals surface area contributed by atoms with Gasteiger partial charge in [-0.05, 0) is 49.9 Å². The standard InChI is InChI=1S/C13H20N2O2/c1-9-7-10(2)11(3)12(8-9)17-6-4-5-13(16)15-14/h7-8H,4-6,14H2,1-3H3,(H,15,16). The van der Waals surface area contributed by atoms with Gasteiger partial charge >= 0.3 is 0 Å². The molecule has 0 radical (unpaired) electrons. The molecular formula is C13H20N2O2. The number of hydrogen-bond donors (Lipinski definition) is 2. The molecule has 1 aromatic rings. The largest absolute Gasteiger partial charge is 0.493 e. The van der Waals surface area contributed by atoms with E-state index in [1.54, 1.807) is 0 Å². The van der Waals surface area contributed by atoms with Gasteiger partial charge in [0, 0.05) is 6.42 Å². The fourth-order valence-corrected chi connectivity index (χ4v) is 1.64. The highest BCUT2D eigenvalue weighted by molar-refractivity contribution is 5.75. The molecule has 0 bridgehead atoms. The summed E-state index contributed by atoms with van der Waals surface area (Å²) in [6.45, 7) is 6.67. The lowest BCUT2D eigenvalue weighted by Gasteiger charge is -2.12. The van der Waals surface area contributed by atoms with Crippen LogP contribution in [0.3, 0.4) is 0 Å². The minimum atomic E-state index is -0.161. The molecule has 4 heteroatoms. The van der Waals surface area contributed by atoms with Crippen LogP contribution < -0.4 is 16.0 Å². The maximum Gasteiger partial charge on any atom is 0.234 e. The molecule has 0 heterocycles. The van der Waals surface area contributed by atoms with Crippen LogP contribution in [0.4, 0.5) is 0 Å². The molecule has 94 valence electrons. The summed E-state index contributed by atoms with van der Waals surface area (Å²) in [5.41, 5.74) is 5.66. The first kappa shape index (κ1) is 13.5. The van der Waals surface area contributed by atoms with Crippen LogP contribution in [-0.2, 0) is 4.79 Å². The van der Waals surface area contributed by atoms with Crippen molar-refractivity contribution >= 4 is 5.91 Å². The maximum atomic E-state index is 10.9. The lowest BCUT2D eigenvalue weighted by atomic mass is 10.1. The molecule has 0 aliphatic heterocycles. The van der Waals surface area contributed by atoms with E-state index in [1.165, 1.54) is 11.1 Å². The van der Waals surface area contributed by atoms with Crippen LogP contribution in [0.1, 0.15) is 29.5 Å². The molecule has 0 aliphatic carbocycles. The summed E-state index contributed by atoms with van der Waals surface area (Å²) in [5.74, 6) is 5.73. The highest BCUT2D eigenvalue weighted by Crippen LogP contribution is 2.23. The van der Waals surface area contributed by atoms with Gasteiger partial charge in [0.1, 0.15) is 5.75 Å². The van der Waals surface area contributed by atoms with E-state index in [0.29, 0.717) is 19.4 Å². The third-order valence-corrected chi connectivity index (χ3v) is 2.73. The van der Waals surface area contributed by atoms with Crippen LogP contribution >= 0.6 is 0 Å². The number of benzene rings is 1. The second kappa shape index (κ2) is 6.25. The summed E-state index contributed by atoms with van der Waals surface area (Å²) in [7, 11) is 0. The van der Waals surface area contributed by atoms with Gasteiger partial charge in [0.25, 0.3) is 0 Å². The van der Waals surface area contributed by atoms with Crippen molar-refractivity contribution in [3.05, 3.63) is 28.8 Å². The van der Waals surface area contributed by atoms with E-state index < -0.39 is 0 Å². The van der Waals surface area contributed by atoms with Gasteiger partial charge in [-0.1, -0.05) is 6.07 Å². The average molecular weight is 236 g/mol. The molecule has 0 aromatic heterocycles. The van der Waals surface area contributed by atoms with Crippen molar-refractivity contribution in [3.63, 3.8) is 0 Å². The number of hydrazine groups is 1. The van der Waals surface area contributed by atoms with E-state index in [-0.39, 0.29) is 5.91 Å². The van der Waals surface area contributed by atoms with E-state index in [9.17, 15) is 4.79 Å². The summed E-state index contributed by atoms with van der Waals surface area (Å²) in [6, 6.07) is 4.15. The monoisotopic (exact) mass is 236 g/mol. The van der Waals surface area contributed by atoms with Crippen molar-refractivity contribution in [1.29, 1.82) is 0 Å². The Morgan fingerprint density at radius 1 is 1.35 bits per heavy atom. The van der Waals surface area contributed by atoms with Gasteiger partial charge in [0.2, 0.25) is 5.91 Å². The first-order valence-corrected chi connectivity index (χ1v) is 5.74. The number of nitrogens with one attached hydrogen (secondary N) is 1. The lowest BCUT2D eigenvalue weighted by molar-refractivity contribution is -0.121. The van der Waals surface area contributed by atoms with Crippen LogP contribution in [0.2, 0.25) is 0 Å². The third-order valence-electron chi connectivity index (χ3n) is 2.73. The Morgan fingerprint density at radius 2 is 2.06 bits per heavy atom. The van der Waals surface area contributed by atoms with Gasteiger partial charge in [-0.15, -0.1) is 0 Å². The number of ether oxygens (including phenoxy) is 1. The number of aryl methyl sites for hydroxylation is 2. The van der Waals surface area contributed by atoms with Crippen molar-refractivity contribution in [1.82, 2.24) is 5.43 Å². The fourth-order valence-electron chi connectivity index (χ4n) is 1.64. The first-order valence-electron chi connectivity index (χ1n) is 5.74. The summed E-state index contributed by atoms with van der Waals surface area (Å²) < 4.78 is 5.67. The average Bonchev–Trinajstić information content (AvgIpc) is 2.30.